The number of rotatable bonds is 6. The molecule has 1 atom stereocenters. The first kappa shape index (κ1) is 22.0. The number of fused-ring (bicyclic) bond motifs is 1. The van der Waals surface area contributed by atoms with E-state index in [9.17, 15) is 18.8 Å². The Morgan fingerprint density at radius 2 is 2.00 bits per heavy atom. The van der Waals surface area contributed by atoms with Crippen molar-refractivity contribution in [3.05, 3.63) is 70.4 Å². The number of anilines is 1. The van der Waals surface area contributed by atoms with Gasteiger partial charge in [0.15, 0.2) is 11.8 Å². The van der Waals surface area contributed by atoms with Crippen LogP contribution in [0.2, 0.25) is 5.02 Å². The molecule has 4 rings (SSSR count). The molecule has 4 amide bonds. The molecular weight excluding hydrogens is 457 g/mol. The number of halogens is 2. The number of urea groups is 1. The third kappa shape index (κ3) is 4.39. The Morgan fingerprint density at radius 3 is 2.69 bits per heavy atom. The van der Waals surface area contributed by atoms with Crippen molar-refractivity contribution < 1.29 is 28.1 Å². The Bertz CT molecular complexity index is 1170. The fourth-order valence-corrected chi connectivity index (χ4v) is 4.64. The Morgan fingerprint density at radius 1 is 1.25 bits per heavy atom. The van der Waals surface area contributed by atoms with E-state index in [1.807, 2.05) is 0 Å². The summed E-state index contributed by atoms with van der Waals surface area (Å²) in [5, 5.41) is 4.14. The average Bonchev–Trinajstić information content (AvgIpc) is 3.26. The molecule has 2 aromatic carbocycles. The van der Waals surface area contributed by atoms with Gasteiger partial charge in [-0.05, 0) is 47.4 Å². The molecule has 2 aliphatic heterocycles. The fraction of sp³-hybridized carbons (Fsp3) is 0.182. The standard InChI is InChI=1S/C22H17ClFN3O4S/c1-31-18-7-6-15(10-16(18)23)25-19(28)12-26-17-8-9-32-20(17)21(29)27(22(26)30)11-13-2-4-14(24)5-3-13/h2-10,20H,11-12H2,1H3/p+1. The summed E-state index contributed by atoms with van der Waals surface area (Å²) in [6.07, 6.45) is 1.66. The van der Waals surface area contributed by atoms with Crippen molar-refractivity contribution >= 4 is 52.6 Å². The number of nitrogens with zero attached hydrogens (tertiary/aromatic N) is 2. The highest BCUT2D eigenvalue weighted by Gasteiger charge is 2.49. The summed E-state index contributed by atoms with van der Waals surface area (Å²) < 4.78 is 19.6. The highest BCUT2D eigenvalue weighted by atomic mass is 35.5. The van der Waals surface area contributed by atoms with E-state index in [-0.39, 0.29) is 19.0 Å². The molecule has 2 aliphatic rings. The number of benzene rings is 2. The summed E-state index contributed by atoms with van der Waals surface area (Å²) in [5.41, 5.74) is 1.51. The molecule has 0 saturated heterocycles. The predicted octanol–water partition coefficient (Wildman–Crippen LogP) is 3.67. The van der Waals surface area contributed by atoms with Gasteiger partial charge < -0.3 is 10.1 Å². The zero-order valence-electron chi connectivity index (χ0n) is 16.9. The molecule has 1 N–H and O–H groups in total. The summed E-state index contributed by atoms with van der Waals surface area (Å²) in [6, 6.07) is 9.74. The van der Waals surface area contributed by atoms with Gasteiger partial charge in [-0.25, -0.2) is 9.18 Å². The monoisotopic (exact) mass is 474 g/mol. The minimum absolute atomic E-state index is 0.0194. The number of carbonyl (C=O) groups is 3. The van der Waals surface area contributed by atoms with Crippen molar-refractivity contribution in [3.8, 4) is 5.75 Å². The lowest BCUT2D eigenvalue weighted by Gasteiger charge is -2.24. The topological polar surface area (TPSA) is 78.7 Å². The summed E-state index contributed by atoms with van der Waals surface area (Å²) >= 11 is 7.37. The van der Waals surface area contributed by atoms with Crippen LogP contribution in [0, 0.1) is 5.82 Å². The molecule has 0 aromatic heterocycles. The van der Waals surface area contributed by atoms with Crippen molar-refractivity contribution in [1.29, 1.82) is 0 Å². The number of hydrogen-bond acceptors (Lipinski definition) is 5. The van der Waals surface area contributed by atoms with E-state index in [2.05, 4.69) is 5.32 Å². The molecule has 2 heterocycles. The molecular formula is C22H18ClFN3O4S+. The van der Waals surface area contributed by atoms with Crippen LogP contribution in [0.3, 0.4) is 0 Å². The maximum absolute atomic E-state index is 13.2. The average molecular weight is 475 g/mol. The third-order valence-corrected chi connectivity index (χ3v) is 6.28. The van der Waals surface area contributed by atoms with Gasteiger partial charge in [-0.2, -0.15) is 14.3 Å². The number of allylic oxidation sites excluding steroid dienone is 1. The Balaban J connectivity index is 1.55. The van der Waals surface area contributed by atoms with Gasteiger partial charge in [-0.15, -0.1) is 11.8 Å². The van der Waals surface area contributed by atoms with E-state index >= 15 is 0 Å². The second-order valence-electron chi connectivity index (χ2n) is 7.06. The molecule has 0 fully saturated rings. The molecule has 0 saturated carbocycles. The van der Waals surface area contributed by atoms with Crippen molar-refractivity contribution in [2.75, 3.05) is 19.0 Å². The van der Waals surface area contributed by atoms with Gasteiger partial charge >= 0.3 is 11.9 Å². The Hall–Kier alpha value is -3.17. The van der Waals surface area contributed by atoms with Crippen LogP contribution in [-0.2, 0) is 16.1 Å². The normalized spacial score (nSPS) is 17.6. The quantitative estimate of drug-likeness (QED) is 0.646. The van der Waals surface area contributed by atoms with Crippen LogP contribution in [-0.4, -0.2) is 51.9 Å². The SMILES string of the molecule is COc1ccc(NC(=O)C[N+]2=C3C=CSC3C(=O)N(Cc3ccc(F)cc3)C2=O)cc1Cl. The number of hydrogen-bond donors (Lipinski definition) is 1. The molecule has 0 aliphatic carbocycles. The van der Waals surface area contributed by atoms with E-state index in [0.29, 0.717) is 27.7 Å². The van der Waals surface area contributed by atoms with Gasteiger partial charge in [0.2, 0.25) is 0 Å². The number of thioether (sulfide) groups is 1. The number of amides is 4. The fourth-order valence-electron chi connectivity index (χ4n) is 3.42. The van der Waals surface area contributed by atoms with Gasteiger partial charge in [0.25, 0.3) is 5.91 Å². The molecule has 10 heteroatoms. The summed E-state index contributed by atoms with van der Waals surface area (Å²) in [5.74, 6) is -0.763. The second-order valence-corrected chi connectivity index (χ2v) is 8.48. The second kappa shape index (κ2) is 9.13. The highest BCUT2D eigenvalue weighted by molar-refractivity contribution is 8.04. The Labute approximate surface area is 192 Å². The van der Waals surface area contributed by atoms with Gasteiger partial charge in [-0.1, -0.05) is 23.7 Å². The molecule has 2 aromatic rings. The number of ether oxygens (including phenoxy) is 1. The minimum Gasteiger partial charge on any atom is -0.495 e. The largest absolute Gasteiger partial charge is 0.501 e. The van der Waals surface area contributed by atoms with E-state index in [4.69, 9.17) is 16.3 Å². The van der Waals surface area contributed by atoms with Crippen LogP contribution >= 0.6 is 23.4 Å². The lowest BCUT2D eigenvalue weighted by Crippen LogP contribution is -2.55. The third-order valence-electron chi connectivity index (χ3n) is 4.98. The maximum atomic E-state index is 13.2. The van der Waals surface area contributed by atoms with E-state index in [0.717, 1.165) is 4.90 Å². The van der Waals surface area contributed by atoms with Gasteiger partial charge in [-0.3, -0.25) is 4.79 Å². The van der Waals surface area contributed by atoms with E-state index < -0.39 is 23.0 Å². The van der Waals surface area contributed by atoms with Gasteiger partial charge in [0, 0.05) is 5.69 Å². The predicted molar refractivity (Wildman–Crippen MR) is 120 cm³/mol. The van der Waals surface area contributed by atoms with Crippen LogP contribution in [0.15, 0.2) is 53.9 Å². The molecule has 1 unspecified atom stereocenters. The van der Waals surface area contributed by atoms with Crippen LogP contribution in [0.25, 0.3) is 0 Å². The van der Waals surface area contributed by atoms with E-state index in [1.165, 1.54) is 47.7 Å². The van der Waals surface area contributed by atoms with Crippen LogP contribution in [0.1, 0.15) is 5.56 Å². The molecule has 0 spiro atoms. The zero-order chi connectivity index (χ0) is 22.8. The van der Waals surface area contributed by atoms with Gasteiger partial charge in [0.1, 0.15) is 23.8 Å². The molecule has 7 nitrogen and oxygen atoms in total. The van der Waals surface area contributed by atoms with Crippen LogP contribution < -0.4 is 10.1 Å². The maximum Gasteiger partial charge on any atom is 0.501 e. The molecule has 32 heavy (non-hydrogen) atoms. The molecule has 164 valence electrons. The first-order valence-corrected chi connectivity index (χ1v) is 10.9. The minimum atomic E-state index is -0.614. The van der Waals surface area contributed by atoms with Crippen molar-refractivity contribution in [2.45, 2.75) is 11.8 Å². The number of methoxy groups -OCH3 is 1. The highest BCUT2D eigenvalue weighted by Crippen LogP contribution is 2.29. The first-order chi connectivity index (χ1) is 15.4. The first-order valence-electron chi connectivity index (χ1n) is 9.57. The lowest BCUT2D eigenvalue weighted by molar-refractivity contribution is -0.426. The van der Waals surface area contributed by atoms with Crippen molar-refractivity contribution in [3.63, 3.8) is 0 Å². The smallest absolute Gasteiger partial charge is 0.495 e. The van der Waals surface area contributed by atoms with Gasteiger partial charge in [0.05, 0.1) is 12.1 Å². The lowest BCUT2D eigenvalue weighted by atomic mass is 10.1. The number of imide groups is 1. The van der Waals surface area contributed by atoms with Crippen molar-refractivity contribution in [2.24, 2.45) is 0 Å². The molecule has 0 radical (unpaired) electrons. The van der Waals surface area contributed by atoms with Crippen molar-refractivity contribution in [1.82, 2.24) is 4.90 Å². The summed E-state index contributed by atoms with van der Waals surface area (Å²) in [4.78, 5) is 39.8. The summed E-state index contributed by atoms with van der Waals surface area (Å²) in [6.45, 7) is -0.305. The van der Waals surface area contributed by atoms with E-state index in [1.54, 1.807) is 29.7 Å². The van der Waals surface area contributed by atoms with Crippen LogP contribution in [0.5, 0.6) is 5.75 Å². The summed E-state index contributed by atoms with van der Waals surface area (Å²) in [7, 11) is 1.49. The Kier molecular flexibility index (Phi) is 6.29. The number of carbonyl (C=O) groups excluding carboxylic acids is 3. The van der Waals surface area contributed by atoms with Crippen LogP contribution in [0.4, 0.5) is 14.9 Å². The number of nitrogens with one attached hydrogen (secondary N) is 1. The molecule has 0 bridgehead atoms. The zero-order valence-corrected chi connectivity index (χ0v) is 18.5.